The number of guanidine groups is 1. The number of nitrogens with two attached hydrogens (primary N) is 1. The number of amides is 1. The van der Waals surface area contributed by atoms with Gasteiger partial charge in [-0.1, -0.05) is 13.8 Å². The summed E-state index contributed by atoms with van der Waals surface area (Å²) in [6, 6.07) is -0.369. The highest BCUT2D eigenvalue weighted by atomic mass is 31.1. The van der Waals surface area contributed by atoms with Crippen molar-refractivity contribution in [2.24, 2.45) is 16.6 Å². The minimum absolute atomic E-state index is 0.00266. The molecule has 0 rings (SSSR count). The first-order chi connectivity index (χ1) is 9.77. The maximum Gasteiger partial charge on any atom is 0.223 e. The predicted molar refractivity (Wildman–Crippen MR) is 89.7 cm³/mol. The number of Topliss-reactive ketones (excluding diaryl/α,β-unsaturated/α-hetero) is 1. The molecule has 7 heteroatoms. The van der Waals surface area contributed by atoms with Gasteiger partial charge in [0.2, 0.25) is 5.91 Å². The molecule has 0 heterocycles. The molecule has 0 saturated carbocycles. The van der Waals surface area contributed by atoms with Gasteiger partial charge in [0, 0.05) is 12.5 Å². The normalized spacial score (nSPS) is 14.7. The van der Waals surface area contributed by atoms with Gasteiger partial charge in [-0.15, -0.1) is 0 Å². The molecule has 0 saturated heterocycles. The van der Waals surface area contributed by atoms with Crippen molar-refractivity contribution in [3.8, 4) is 0 Å². The van der Waals surface area contributed by atoms with E-state index in [0.717, 1.165) is 12.8 Å². The van der Waals surface area contributed by atoms with Gasteiger partial charge >= 0.3 is 0 Å². The van der Waals surface area contributed by atoms with E-state index in [0.29, 0.717) is 18.9 Å². The summed E-state index contributed by atoms with van der Waals surface area (Å²) < 4.78 is 0. The van der Waals surface area contributed by atoms with E-state index in [4.69, 9.17) is 5.73 Å². The molecule has 4 N–H and O–H groups in total. The van der Waals surface area contributed by atoms with Crippen molar-refractivity contribution in [1.29, 1.82) is 0 Å². The molecule has 0 bridgehead atoms. The Hall–Kier alpha value is -1.16. The molecule has 122 valence electrons. The summed E-state index contributed by atoms with van der Waals surface area (Å²) in [4.78, 5) is 27.5. The monoisotopic (exact) mass is 316 g/mol. The first-order valence-corrected chi connectivity index (χ1v) is 9.56. The van der Waals surface area contributed by atoms with E-state index in [9.17, 15) is 9.59 Å². The third-order valence-electron chi connectivity index (χ3n) is 3.08. The zero-order valence-corrected chi connectivity index (χ0v) is 14.7. The zero-order chi connectivity index (χ0) is 16.4. The molecule has 2 atom stereocenters. The summed E-state index contributed by atoms with van der Waals surface area (Å²) in [5.41, 5.74) is 5.71. The van der Waals surface area contributed by atoms with Crippen LogP contribution in [0.3, 0.4) is 0 Å². The lowest BCUT2D eigenvalue weighted by Gasteiger charge is -2.17. The smallest absolute Gasteiger partial charge is 0.223 e. The Balaban J connectivity index is 4.06. The van der Waals surface area contributed by atoms with Crippen LogP contribution in [0.1, 0.15) is 40.0 Å². The van der Waals surface area contributed by atoms with E-state index in [1.165, 1.54) is 6.92 Å². The average molecular weight is 316 g/mol. The Kier molecular flexibility index (Phi) is 9.97. The Bertz CT molecular complexity index is 372. The molecule has 0 fully saturated rings. The highest BCUT2D eigenvalue weighted by Crippen LogP contribution is 2.15. The van der Waals surface area contributed by atoms with E-state index >= 15 is 0 Å². The minimum Gasteiger partial charge on any atom is -0.370 e. The van der Waals surface area contributed by atoms with Gasteiger partial charge < -0.3 is 16.1 Å². The van der Waals surface area contributed by atoms with Gasteiger partial charge in [0.1, 0.15) is 0 Å². The lowest BCUT2D eigenvalue weighted by molar-refractivity contribution is -0.129. The molecule has 6 nitrogen and oxygen atoms in total. The second kappa shape index (κ2) is 10.6. The minimum atomic E-state index is -0.369. The van der Waals surface area contributed by atoms with Gasteiger partial charge in [-0.25, -0.2) is 0 Å². The van der Waals surface area contributed by atoms with Crippen LogP contribution in [0.5, 0.6) is 0 Å². The molecule has 0 aromatic rings. The maximum absolute atomic E-state index is 12.0. The number of aliphatic imine (C=N–C) groups is 1. The lowest BCUT2D eigenvalue weighted by Crippen LogP contribution is -2.41. The van der Waals surface area contributed by atoms with Crippen molar-refractivity contribution >= 4 is 25.7 Å². The van der Waals surface area contributed by atoms with Crippen LogP contribution in [0.25, 0.3) is 0 Å². The molecule has 0 spiro atoms. The van der Waals surface area contributed by atoms with Gasteiger partial charge in [0.05, 0.1) is 6.04 Å². The van der Waals surface area contributed by atoms with Crippen LogP contribution in [0.2, 0.25) is 0 Å². The number of hydrogen-bond donors (Lipinski definition) is 3. The predicted octanol–water partition coefficient (Wildman–Crippen LogP) is 1.45. The second-order valence-corrected chi connectivity index (χ2v) is 7.41. The first kappa shape index (κ1) is 19.8. The van der Waals surface area contributed by atoms with Gasteiger partial charge in [0.25, 0.3) is 0 Å². The SMILES string of the molecule is CC[C@H](NC(=O)[C@@H](C)CCCN=C(N)NP(C)C)C(C)=O. The van der Waals surface area contributed by atoms with E-state index in [1.807, 2.05) is 13.8 Å². The van der Waals surface area contributed by atoms with Crippen molar-refractivity contribution in [3.05, 3.63) is 0 Å². The van der Waals surface area contributed by atoms with Crippen molar-refractivity contribution in [3.63, 3.8) is 0 Å². The second-order valence-electron chi connectivity index (χ2n) is 5.40. The Morgan fingerprint density at radius 1 is 1.33 bits per heavy atom. The largest absolute Gasteiger partial charge is 0.370 e. The van der Waals surface area contributed by atoms with Gasteiger partial charge in [-0.05, 0) is 47.6 Å². The molecule has 0 aliphatic carbocycles. The molecule has 21 heavy (non-hydrogen) atoms. The third-order valence-corrected chi connectivity index (χ3v) is 3.75. The Labute approximate surface area is 129 Å². The molecule has 0 radical (unpaired) electrons. The quantitative estimate of drug-likeness (QED) is 0.259. The molecule has 0 aliphatic heterocycles. The number of nitrogens with zero attached hydrogens (tertiary/aromatic N) is 1. The first-order valence-electron chi connectivity index (χ1n) is 7.32. The summed E-state index contributed by atoms with van der Waals surface area (Å²) in [6.45, 7) is 9.97. The number of hydrogen-bond acceptors (Lipinski definition) is 3. The van der Waals surface area contributed by atoms with Crippen molar-refractivity contribution < 1.29 is 9.59 Å². The standard InChI is InChI=1S/C14H29N4O2P/c1-6-12(11(3)19)17-13(20)10(2)8-7-9-16-14(15)18-21(4)5/h10,12H,6-9H2,1-5H3,(H,17,20)(H3,15,16,18)/t10-,12-/m0/s1. The molecular weight excluding hydrogens is 287 g/mol. The van der Waals surface area contributed by atoms with Crippen molar-refractivity contribution in [2.45, 2.75) is 46.1 Å². The van der Waals surface area contributed by atoms with Gasteiger partial charge in [-0.3, -0.25) is 14.6 Å². The van der Waals surface area contributed by atoms with E-state index in [-0.39, 0.29) is 31.7 Å². The van der Waals surface area contributed by atoms with E-state index < -0.39 is 0 Å². The summed E-state index contributed by atoms with van der Waals surface area (Å²) >= 11 is 0. The van der Waals surface area contributed by atoms with E-state index in [2.05, 4.69) is 28.7 Å². The van der Waals surface area contributed by atoms with E-state index in [1.54, 1.807) is 0 Å². The Morgan fingerprint density at radius 2 is 1.95 bits per heavy atom. The van der Waals surface area contributed by atoms with Crippen LogP contribution >= 0.6 is 8.07 Å². The number of carbonyl (C=O) groups is 2. The topological polar surface area (TPSA) is 96.6 Å². The van der Waals surface area contributed by atoms with Gasteiger partial charge in [-0.2, -0.15) is 0 Å². The molecule has 0 aliphatic rings. The fourth-order valence-electron chi connectivity index (χ4n) is 1.80. The van der Waals surface area contributed by atoms with Crippen LogP contribution in [-0.2, 0) is 9.59 Å². The van der Waals surface area contributed by atoms with Gasteiger partial charge in [0.15, 0.2) is 11.7 Å². The van der Waals surface area contributed by atoms with Crippen LogP contribution in [0, 0.1) is 5.92 Å². The lowest BCUT2D eigenvalue weighted by atomic mass is 10.0. The molecule has 0 aromatic heterocycles. The third kappa shape index (κ3) is 9.40. The number of carbonyl (C=O) groups excluding carboxylic acids is 2. The number of ketones is 1. The van der Waals surface area contributed by atoms with Crippen molar-refractivity contribution in [2.75, 3.05) is 19.9 Å². The van der Waals surface area contributed by atoms with Crippen LogP contribution in [0.15, 0.2) is 4.99 Å². The molecule has 0 aromatic carbocycles. The fourth-order valence-corrected chi connectivity index (χ4v) is 2.33. The zero-order valence-electron chi connectivity index (χ0n) is 13.8. The Morgan fingerprint density at radius 3 is 2.43 bits per heavy atom. The summed E-state index contributed by atoms with van der Waals surface area (Å²) in [5, 5.41) is 5.86. The number of nitrogens with one attached hydrogen (secondary N) is 2. The summed E-state index contributed by atoms with van der Waals surface area (Å²) in [6.07, 6.45) is 2.14. The highest BCUT2D eigenvalue weighted by molar-refractivity contribution is 7.54. The molecule has 0 unspecified atom stereocenters. The fraction of sp³-hybridized carbons (Fsp3) is 0.786. The summed E-state index contributed by atoms with van der Waals surface area (Å²) in [5.74, 6) is 0.262. The van der Waals surface area contributed by atoms with Crippen LogP contribution in [0.4, 0.5) is 0 Å². The summed E-state index contributed by atoms with van der Waals surface area (Å²) in [7, 11) is -0.304. The van der Waals surface area contributed by atoms with Crippen LogP contribution in [-0.4, -0.2) is 43.6 Å². The number of rotatable bonds is 9. The molecule has 1 amide bonds. The highest BCUT2D eigenvalue weighted by Gasteiger charge is 2.18. The maximum atomic E-state index is 12.0. The molecular formula is C14H29N4O2P. The average Bonchev–Trinajstić information content (AvgIpc) is 2.39. The van der Waals surface area contributed by atoms with Crippen molar-refractivity contribution in [1.82, 2.24) is 10.4 Å². The van der Waals surface area contributed by atoms with Crippen LogP contribution < -0.4 is 16.1 Å².